The second-order valence-electron chi connectivity index (χ2n) is 6.95. The lowest BCUT2D eigenvalue weighted by Crippen LogP contribution is -2.08. The van der Waals surface area contributed by atoms with Gasteiger partial charge in [0.2, 0.25) is 0 Å². The van der Waals surface area contributed by atoms with Crippen LogP contribution in [-0.4, -0.2) is 33.5 Å². The predicted octanol–water partition coefficient (Wildman–Crippen LogP) is 3.37. The van der Waals surface area contributed by atoms with Crippen LogP contribution in [-0.2, 0) is 9.84 Å². The van der Waals surface area contributed by atoms with E-state index < -0.39 is 9.84 Å². The lowest BCUT2D eigenvalue weighted by atomic mass is 10.1. The van der Waals surface area contributed by atoms with E-state index in [0.717, 1.165) is 46.6 Å². The van der Waals surface area contributed by atoms with Gasteiger partial charge in [0.1, 0.15) is 5.82 Å². The Hall–Kier alpha value is -2.67. The molecule has 6 nitrogen and oxygen atoms in total. The lowest BCUT2D eigenvalue weighted by Gasteiger charge is -2.05. The molecule has 0 aliphatic heterocycles. The fraction of sp³-hybridized carbons (Fsp3) is 0.263. The van der Waals surface area contributed by atoms with Crippen molar-refractivity contribution in [3.8, 4) is 11.3 Å². The molecule has 0 unspecified atom stereocenters. The van der Waals surface area contributed by atoms with Gasteiger partial charge in [-0.05, 0) is 43.9 Å². The smallest absolute Gasteiger partial charge is 0.178 e. The first kappa shape index (κ1) is 15.6. The molecule has 26 heavy (non-hydrogen) atoms. The van der Waals surface area contributed by atoms with E-state index in [2.05, 4.69) is 14.4 Å². The van der Waals surface area contributed by atoms with Crippen molar-refractivity contribution in [3.63, 3.8) is 0 Å². The predicted molar refractivity (Wildman–Crippen MR) is 99.8 cm³/mol. The molecule has 3 heterocycles. The topological polar surface area (TPSA) is 80.1 Å². The Labute approximate surface area is 150 Å². The SMILES string of the molecule is Cc1nc(-c2ccc(S(=O)(=O)CC3CC3)cc2)c2cnc3[nH]ccc3n12. The number of nitrogens with one attached hydrogen (secondary N) is 1. The van der Waals surface area contributed by atoms with E-state index in [0.29, 0.717) is 10.8 Å². The third-order valence-electron chi connectivity index (χ3n) is 4.98. The number of imidazole rings is 1. The van der Waals surface area contributed by atoms with Crippen LogP contribution in [0.25, 0.3) is 27.9 Å². The van der Waals surface area contributed by atoms with Gasteiger partial charge in [0.15, 0.2) is 15.5 Å². The first-order chi connectivity index (χ1) is 12.5. The summed E-state index contributed by atoms with van der Waals surface area (Å²) >= 11 is 0. The number of aromatic nitrogens is 4. The Morgan fingerprint density at radius 1 is 1.15 bits per heavy atom. The molecule has 0 atom stereocenters. The summed E-state index contributed by atoms with van der Waals surface area (Å²) in [5.41, 5.74) is 4.39. The van der Waals surface area contributed by atoms with Gasteiger partial charge in [0.25, 0.3) is 0 Å². The van der Waals surface area contributed by atoms with Crippen molar-refractivity contribution in [2.45, 2.75) is 24.7 Å². The van der Waals surface area contributed by atoms with E-state index in [1.807, 2.05) is 31.3 Å². The van der Waals surface area contributed by atoms with Gasteiger partial charge in [-0.2, -0.15) is 0 Å². The van der Waals surface area contributed by atoms with Gasteiger partial charge in [-0.15, -0.1) is 0 Å². The highest BCUT2D eigenvalue weighted by atomic mass is 32.2. The molecular weight excluding hydrogens is 348 g/mol. The quantitative estimate of drug-likeness (QED) is 0.600. The van der Waals surface area contributed by atoms with Crippen molar-refractivity contribution in [1.29, 1.82) is 0 Å². The van der Waals surface area contributed by atoms with E-state index >= 15 is 0 Å². The molecule has 0 spiro atoms. The van der Waals surface area contributed by atoms with Gasteiger partial charge in [-0.3, -0.25) is 4.40 Å². The molecule has 3 aromatic heterocycles. The molecule has 0 bridgehead atoms. The number of hydrogen-bond donors (Lipinski definition) is 1. The fourth-order valence-electron chi connectivity index (χ4n) is 3.46. The van der Waals surface area contributed by atoms with Gasteiger partial charge in [0, 0.05) is 11.8 Å². The summed E-state index contributed by atoms with van der Waals surface area (Å²) in [6, 6.07) is 9.03. The molecule has 0 amide bonds. The zero-order valence-electron chi connectivity index (χ0n) is 14.3. The van der Waals surface area contributed by atoms with Crippen molar-refractivity contribution >= 4 is 26.5 Å². The monoisotopic (exact) mass is 366 g/mol. The highest BCUT2D eigenvalue weighted by Crippen LogP contribution is 2.33. The first-order valence-electron chi connectivity index (χ1n) is 8.67. The number of hydrogen-bond acceptors (Lipinski definition) is 4. The summed E-state index contributed by atoms with van der Waals surface area (Å²) in [7, 11) is -3.20. The molecule has 1 saturated carbocycles. The Kier molecular flexibility index (Phi) is 3.24. The number of aryl methyl sites for hydroxylation is 1. The van der Waals surface area contributed by atoms with Crippen LogP contribution in [0.1, 0.15) is 18.7 Å². The van der Waals surface area contributed by atoms with Crippen LogP contribution >= 0.6 is 0 Å². The standard InChI is InChI=1S/C19H18N4O2S/c1-12-22-18(17-10-21-19-16(23(12)17)8-9-20-19)14-4-6-15(7-5-14)26(24,25)11-13-2-3-13/h4-10,13,20H,2-3,11H2,1H3. The van der Waals surface area contributed by atoms with E-state index in [-0.39, 0.29) is 5.75 Å². The van der Waals surface area contributed by atoms with Crippen molar-refractivity contribution < 1.29 is 8.42 Å². The van der Waals surface area contributed by atoms with Crippen LogP contribution in [0.2, 0.25) is 0 Å². The van der Waals surface area contributed by atoms with Crippen molar-refractivity contribution in [2.24, 2.45) is 5.92 Å². The number of sulfone groups is 1. The average Bonchev–Trinajstić information content (AvgIpc) is 3.18. The van der Waals surface area contributed by atoms with Crippen LogP contribution in [0.15, 0.2) is 47.6 Å². The lowest BCUT2D eigenvalue weighted by molar-refractivity contribution is 0.592. The second kappa shape index (κ2) is 5.41. The van der Waals surface area contributed by atoms with Gasteiger partial charge in [-0.1, -0.05) is 12.1 Å². The van der Waals surface area contributed by atoms with Crippen molar-refractivity contribution in [3.05, 3.63) is 48.5 Å². The molecule has 132 valence electrons. The normalized spacial score (nSPS) is 15.1. The Morgan fingerprint density at radius 2 is 1.92 bits per heavy atom. The summed E-state index contributed by atoms with van der Waals surface area (Å²) in [6.45, 7) is 1.96. The first-order valence-corrected chi connectivity index (χ1v) is 10.3. The molecule has 1 aliphatic carbocycles. The molecule has 7 heteroatoms. The van der Waals surface area contributed by atoms with Crippen LogP contribution < -0.4 is 0 Å². The minimum atomic E-state index is -3.20. The fourth-order valence-corrected chi connectivity index (χ4v) is 5.15. The third-order valence-corrected chi connectivity index (χ3v) is 6.88. The summed E-state index contributed by atoms with van der Waals surface area (Å²) < 4.78 is 26.9. The van der Waals surface area contributed by atoms with Crippen molar-refractivity contribution in [2.75, 3.05) is 5.75 Å². The third kappa shape index (κ3) is 2.42. The van der Waals surface area contributed by atoms with Gasteiger partial charge < -0.3 is 4.98 Å². The minimum absolute atomic E-state index is 0.258. The molecule has 0 saturated heterocycles. The minimum Gasteiger partial charge on any atom is -0.345 e. The Bertz CT molecular complexity index is 1230. The molecule has 1 aromatic carbocycles. The number of fused-ring (bicyclic) bond motifs is 3. The molecular formula is C19H18N4O2S. The number of H-pyrrole nitrogens is 1. The van der Waals surface area contributed by atoms with Crippen LogP contribution in [0.5, 0.6) is 0 Å². The number of nitrogens with zero attached hydrogens (tertiary/aromatic N) is 3. The second-order valence-corrected chi connectivity index (χ2v) is 8.98. The molecule has 5 rings (SSSR count). The highest BCUT2D eigenvalue weighted by molar-refractivity contribution is 7.91. The maximum absolute atomic E-state index is 12.4. The molecule has 4 aromatic rings. The molecule has 1 fully saturated rings. The zero-order valence-corrected chi connectivity index (χ0v) is 15.1. The van der Waals surface area contributed by atoms with Crippen LogP contribution in [0, 0.1) is 12.8 Å². The number of benzene rings is 1. The summed E-state index contributed by atoms with van der Waals surface area (Å²) in [4.78, 5) is 12.6. The summed E-state index contributed by atoms with van der Waals surface area (Å²) in [5, 5.41) is 0. The van der Waals surface area contributed by atoms with Crippen molar-refractivity contribution in [1.82, 2.24) is 19.4 Å². The zero-order chi connectivity index (χ0) is 17.9. The van der Waals surface area contributed by atoms with E-state index in [1.54, 1.807) is 18.3 Å². The van der Waals surface area contributed by atoms with Crippen LogP contribution in [0.4, 0.5) is 0 Å². The summed E-state index contributed by atoms with van der Waals surface area (Å²) in [5.74, 6) is 1.47. The molecule has 1 N–H and O–H groups in total. The number of rotatable bonds is 4. The average molecular weight is 366 g/mol. The van der Waals surface area contributed by atoms with E-state index in [9.17, 15) is 8.42 Å². The molecule has 0 radical (unpaired) electrons. The highest BCUT2D eigenvalue weighted by Gasteiger charge is 2.29. The Morgan fingerprint density at radius 3 is 2.65 bits per heavy atom. The summed E-state index contributed by atoms with van der Waals surface area (Å²) in [6.07, 6.45) is 5.71. The van der Waals surface area contributed by atoms with Crippen LogP contribution in [0.3, 0.4) is 0 Å². The Balaban J connectivity index is 1.59. The maximum atomic E-state index is 12.4. The largest absolute Gasteiger partial charge is 0.345 e. The van der Waals surface area contributed by atoms with Gasteiger partial charge >= 0.3 is 0 Å². The van der Waals surface area contributed by atoms with Gasteiger partial charge in [-0.25, -0.2) is 18.4 Å². The molecule has 1 aliphatic rings. The van der Waals surface area contributed by atoms with E-state index in [1.165, 1.54) is 0 Å². The van der Waals surface area contributed by atoms with E-state index in [4.69, 9.17) is 4.98 Å². The van der Waals surface area contributed by atoms with Gasteiger partial charge in [0.05, 0.1) is 33.6 Å². The number of aromatic amines is 1. The maximum Gasteiger partial charge on any atom is 0.178 e.